The number of aromatic nitrogens is 3. The van der Waals surface area contributed by atoms with E-state index in [1.54, 1.807) is 16.9 Å². The second-order valence-corrected chi connectivity index (χ2v) is 4.66. The number of rotatable bonds is 3. The molecule has 0 spiro atoms. The van der Waals surface area contributed by atoms with Crippen LogP contribution in [-0.2, 0) is 13.5 Å². The minimum atomic E-state index is -0.283. The van der Waals surface area contributed by atoms with Gasteiger partial charge in [0.15, 0.2) is 0 Å². The van der Waals surface area contributed by atoms with Gasteiger partial charge in [0.2, 0.25) is 0 Å². The number of nitrogens with two attached hydrogens (primary N) is 1. The fourth-order valence-corrected chi connectivity index (χ4v) is 2.11. The van der Waals surface area contributed by atoms with Crippen LogP contribution in [0.4, 0.5) is 0 Å². The second kappa shape index (κ2) is 5.04. The molecule has 0 fully saturated rings. The summed E-state index contributed by atoms with van der Waals surface area (Å²) in [6, 6.07) is 3.28. The minimum Gasteiger partial charge on any atom is -0.322 e. The SMILES string of the molecule is Cn1ccc(CC(N)c2ncc(Cl)cc2Cl)n1. The summed E-state index contributed by atoms with van der Waals surface area (Å²) in [4.78, 5) is 4.16. The molecule has 2 aromatic rings. The Morgan fingerprint density at radius 1 is 1.47 bits per heavy atom. The van der Waals surface area contributed by atoms with E-state index in [4.69, 9.17) is 28.9 Å². The van der Waals surface area contributed by atoms with Crippen molar-refractivity contribution >= 4 is 23.2 Å². The average Bonchev–Trinajstić information content (AvgIpc) is 2.63. The molecular formula is C11H12Cl2N4. The summed E-state index contributed by atoms with van der Waals surface area (Å²) in [5.41, 5.74) is 7.60. The van der Waals surface area contributed by atoms with Crippen LogP contribution < -0.4 is 5.73 Å². The molecule has 17 heavy (non-hydrogen) atoms. The van der Waals surface area contributed by atoms with Gasteiger partial charge in [-0.15, -0.1) is 0 Å². The van der Waals surface area contributed by atoms with Crippen LogP contribution in [0.25, 0.3) is 0 Å². The van der Waals surface area contributed by atoms with Crippen LogP contribution in [0.5, 0.6) is 0 Å². The van der Waals surface area contributed by atoms with Gasteiger partial charge in [0.05, 0.1) is 27.5 Å². The Morgan fingerprint density at radius 3 is 2.82 bits per heavy atom. The first-order chi connectivity index (χ1) is 8.06. The molecule has 0 saturated carbocycles. The lowest BCUT2D eigenvalue weighted by Crippen LogP contribution is -2.16. The highest BCUT2D eigenvalue weighted by atomic mass is 35.5. The standard InChI is InChI=1S/C11H12Cl2N4/c1-17-3-2-8(16-17)5-10(14)11-9(13)4-7(12)6-15-11/h2-4,6,10H,5,14H2,1H3. The molecular weight excluding hydrogens is 259 g/mol. The van der Waals surface area contributed by atoms with Crippen molar-refractivity contribution in [3.63, 3.8) is 0 Å². The normalized spacial score (nSPS) is 12.7. The maximum absolute atomic E-state index is 6.05. The van der Waals surface area contributed by atoms with Crippen LogP contribution in [-0.4, -0.2) is 14.8 Å². The summed E-state index contributed by atoms with van der Waals surface area (Å²) >= 11 is 11.8. The Kier molecular flexibility index (Phi) is 3.66. The summed E-state index contributed by atoms with van der Waals surface area (Å²) in [6.45, 7) is 0. The monoisotopic (exact) mass is 270 g/mol. The Hall–Kier alpha value is -1.10. The van der Waals surface area contributed by atoms with Crippen molar-refractivity contribution in [3.8, 4) is 0 Å². The van der Waals surface area contributed by atoms with E-state index in [9.17, 15) is 0 Å². The average molecular weight is 271 g/mol. The first kappa shape index (κ1) is 12.4. The van der Waals surface area contributed by atoms with Crippen molar-refractivity contribution in [1.29, 1.82) is 0 Å². The van der Waals surface area contributed by atoms with E-state index < -0.39 is 0 Å². The van der Waals surface area contributed by atoms with Gasteiger partial charge in [-0.2, -0.15) is 5.10 Å². The molecule has 2 N–H and O–H groups in total. The molecule has 4 nitrogen and oxygen atoms in total. The van der Waals surface area contributed by atoms with E-state index in [1.165, 1.54) is 0 Å². The molecule has 0 radical (unpaired) electrons. The van der Waals surface area contributed by atoms with Gasteiger partial charge in [-0.3, -0.25) is 9.67 Å². The minimum absolute atomic E-state index is 0.283. The fraction of sp³-hybridized carbons (Fsp3) is 0.273. The zero-order valence-corrected chi connectivity index (χ0v) is 10.8. The number of nitrogens with zero attached hydrogens (tertiary/aromatic N) is 3. The third kappa shape index (κ3) is 2.97. The molecule has 0 aliphatic heterocycles. The maximum Gasteiger partial charge on any atom is 0.0761 e. The lowest BCUT2D eigenvalue weighted by molar-refractivity contribution is 0.660. The highest BCUT2D eigenvalue weighted by Gasteiger charge is 2.14. The molecule has 0 aromatic carbocycles. The molecule has 2 aromatic heterocycles. The Labute approximate surface area is 109 Å². The highest BCUT2D eigenvalue weighted by molar-refractivity contribution is 6.34. The Balaban J connectivity index is 2.17. The van der Waals surface area contributed by atoms with Crippen LogP contribution in [0.1, 0.15) is 17.4 Å². The molecule has 90 valence electrons. The molecule has 0 aliphatic carbocycles. The first-order valence-corrected chi connectivity index (χ1v) is 5.87. The van der Waals surface area contributed by atoms with Crippen LogP contribution >= 0.6 is 23.2 Å². The van der Waals surface area contributed by atoms with Crippen molar-refractivity contribution in [2.24, 2.45) is 12.8 Å². The largest absolute Gasteiger partial charge is 0.322 e. The van der Waals surface area contributed by atoms with E-state index >= 15 is 0 Å². The Bertz CT molecular complexity index is 524. The molecule has 2 heterocycles. The predicted octanol–water partition coefficient (Wildman–Crippen LogP) is 2.36. The van der Waals surface area contributed by atoms with Gasteiger partial charge in [0.25, 0.3) is 0 Å². The van der Waals surface area contributed by atoms with Crippen LogP contribution in [0.3, 0.4) is 0 Å². The van der Waals surface area contributed by atoms with Gasteiger partial charge in [0.1, 0.15) is 0 Å². The third-order valence-corrected chi connectivity index (χ3v) is 2.89. The van der Waals surface area contributed by atoms with Crippen molar-refractivity contribution in [2.45, 2.75) is 12.5 Å². The number of hydrogen-bond acceptors (Lipinski definition) is 3. The van der Waals surface area contributed by atoms with Gasteiger partial charge >= 0.3 is 0 Å². The quantitative estimate of drug-likeness (QED) is 0.932. The zero-order chi connectivity index (χ0) is 12.4. The lowest BCUT2D eigenvalue weighted by atomic mass is 10.1. The molecule has 0 aliphatic rings. The molecule has 0 amide bonds. The summed E-state index contributed by atoms with van der Waals surface area (Å²) in [5.74, 6) is 0. The number of halogens is 2. The summed E-state index contributed by atoms with van der Waals surface area (Å²) in [7, 11) is 1.86. The predicted molar refractivity (Wildman–Crippen MR) is 68.1 cm³/mol. The molecule has 1 unspecified atom stereocenters. The zero-order valence-electron chi connectivity index (χ0n) is 9.27. The molecule has 2 rings (SSSR count). The van der Waals surface area contributed by atoms with E-state index in [0.717, 1.165) is 5.69 Å². The van der Waals surface area contributed by atoms with Crippen molar-refractivity contribution in [3.05, 3.63) is 46.0 Å². The van der Waals surface area contributed by atoms with E-state index in [1.807, 2.05) is 19.3 Å². The molecule has 1 atom stereocenters. The lowest BCUT2D eigenvalue weighted by Gasteiger charge is -2.11. The first-order valence-electron chi connectivity index (χ1n) is 5.11. The van der Waals surface area contributed by atoms with Crippen LogP contribution in [0, 0.1) is 0 Å². The van der Waals surface area contributed by atoms with E-state index in [0.29, 0.717) is 22.2 Å². The van der Waals surface area contributed by atoms with Crippen LogP contribution in [0.2, 0.25) is 10.0 Å². The Morgan fingerprint density at radius 2 is 2.24 bits per heavy atom. The molecule has 6 heteroatoms. The summed E-state index contributed by atoms with van der Waals surface area (Å²) < 4.78 is 1.74. The summed E-state index contributed by atoms with van der Waals surface area (Å²) in [5, 5.41) is 5.25. The van der Waals surface area contributed by atoms with Gasteiger partial charge < -0.3 is 5.73 Å². The smallest absolute Gasteiger partial charge is 0.0761 e. The molecule has 0 bridgehead atoms. The van der Waals surface area contributed by atoms with E-state index in [-0.39, 0.29) is 6.04 Å². The topological polar surface area (TPSA) is 56.7 Å². The van der Waals surface area contributed by atoms with Crippen molar-refractivity contribution in [1.82, 2.24) is 14.8 Å². The van der Waals surface area contributed by atoms with Crippen molar-refractivity contribution in [2.75, 3.05) is 0 Å². The highest BCUT2D eigenvalue weighted by Crippen LogP contribution is 2.24. The summed E-state index contributed by atoms with van der Waals surface area (Å²) in [6.07, 6.45) is 4.01. The van der Waals surface area contributed by atoms with Gasteiger partial charge in [-0.1, -0.05) is 23.2 Å². The fourth-order valence-electron chi connectivity index (χ4n) is 1.59. The van der Waals surface area contributed by atoms with E-state index in [2.05, 4.69) is 10.1 Å². The second-order valence-electron chi connectivity index (χ2n) is 3.81. The van der Waals surface area contributed by atoms with Crippen LogP contribution in [0.15, 0.2) is 24.5 Å². The third-order valence-electron chi connectivity index (χ3n) is 2.39. The number of pyridine rings is 1. The molecule has 0 saturated heterocycles. The van der Waals surface area contributed by atoms with Gasteiger partial charge in [-0.25, -0.2) is 0 Å². The van der Waals surface area contributed by atoms with Crippen molar-refractivity contribution < 1.29 is 0 Å². The number of aryl methyl sites for hydroxylation is 1. The maximum atomic E-state index is 6.05. The van der Waals surface area contributed by atoms with Gasteiger partial charge in [-0.05, 0) is 12.1 Å². The van der Waals surface area contributed by atoms with Gasteiger partial charge in [0, 0.05) is 25.9 Å². The number of hydrogen-bond donors (Lipinski definition) is 1.